The van der Waals surface area contributed by atoms with E-state index in [4.69, 9.17) is 26.0 Å². The van der Waals surface area contributed by atoms with Gasteiger partial charge in [0.25, 0.3) is 0 Å². The van der Waals surface area contributed by atoms with Gasteiger partial charge < -0.3 is 19.4 Å². The van der Waals surface area contributed by atoms with E-state index >= 15 is 0 Å². The van der Waals surface area contributed by atoms with Gasteiger partial charge in [0, 0.05) is 10.8 Å². The summed E-state index contributed by atoms with van der Waals surface area (Å²) in [5.74, 6) is 2.71. The molecule has 2 N–H and O–H groups in total. The normalized spacial score (nSPS) is 13.3. The average Bonchev–Trinajstić information content (AvgIpc) is 4.20. The number of thiazole rings is 2. The van der Waals surface area contributed by atoms with Crippen molar-refractivity contribution in [2.24, 2.45) is 11.8 Å². The number of aromatic nitrogens is 4. The van der Waals surface area contributed by atoms with E-state index < -0.39 is 0 Å². The zero-order chi connectivity index (χ0) is 48.7. The lowest BCUT2D eigenvalue weighted by Crippen LogP contribution is -2.12. The summed E-state index contributed by atoms with van der Waals surface area (Å²) in [5, 5.41) is 15.3. The Kier molecular flexibility index (Phi) is 18.0. The molecule has 0 amide bonds. The lowest BCUT2D eigenvalue weighted by molar-refractivity contribution is 0.225. The molecule has 2 atom stereocenters. The molecule has 0 saturated carbocycles. The van der Waals surface area contributed by atoms with Crippen LogP contribution in [0.3, 0.4) is 0 Å². The van der Waals surface area contributed by atoms with Gasteiger partial charge in [0.2, 0.25) is 5.70 Å². The van der Waals surface area contributed by atoms with Crippen molar-refractivity contribution in [3.8, 4) is 40.1 Å². The first-order chi connectivity index (χ1) is 34.5. The molecule has 0 spiro atoms. The van der Waals surface area contributed by atoms with Gasteiger partial charge in [0.05, 0.1) is 62.3 Å². The number of H-pyrrole nitrogens is 2. The first kappa shape index (κ1) is 50.2. The third kappa shape index (κ3) is 12.0. The van der Waals surface area contributed by atoms with Crippen molar-refractivity contribution in [2.75, 3.05) is 13.2 Å². The molecule has 0 aliphatic heterocycles. The fraction of sp³-hybridized carbons (Fsp3) is 0.400. The summed E-state index contributed by atoms with van der Waals surface area (Å²) in [7, 11) is 0. The Hall–Kier alpha value is -6.20. The second-order valence-corrected chi connectivity index (χ2v) is 20.9. The quantitative estimate of drug-likeness (QED) is 0.0416. The molecular weight excluding hydrogens is 901 g/mol. The van der Waals surface area contributed by atoms with E-state index in [-0.39, 0.29) is 0 Å². The Bertz CT molecular complexity index is 2880. The molecule has 0 aliphatic rings. The number of nitriles is 1. The zero-order valence-corrected chi connectivity index (χ0v) is 43.2. The van der Waals surface area contributed by atoms with Gasteiger partial charge in [0.1, 0.15) is 33.2 Å². The molecule has 8 rings (SSSR count). The summed E-state index contributed by atoms with van der Waals surface area (Å²) < 4.78 is 15.1. The first-order valence-corrected chi connectivity index (χ1v) is 27.6. The van der Waals surface area contributed by atoms with Gasteiger partial charge in [-0.25, -0.2) is 14.8 Å². The molecule has 0 fully saturated rings. The molecule has 4 aromatic heterocycles. The van der Waals surface area contributed by atoms with Gasteiger partial charge in [0.15, 0.2) is 0 Å². The van der Waals surface area contributed by atoms with Crippen molar-refractivity contribution in [3.05, 3.63) is 129 Å². The van der Waals surface area contributed by atoms with Gasteiger partial charge >= 0.3 is 0 Å². The maximum absolute atomic E-state index is 11.2. The fourth-order valence-electron chi connectivity index (χ4n) is 9.61. The summed E-state index contributed by atoms with van der Waals surface area (Å²) in [5.41, 5.74) is 5.93. The van der Waals surface area contributed by atoms with Crippen LogP contribution in [0.1, 0.15) is 140 Å². The minimum absolute atomic E-state index is 0.414. The van der Waals surface area contributed by atoms with Crippen LogP contribution in [0.15, 0.2) is 97.1 Å². The number of nitrogens with one attached hydrogen (secondary N) is 2. The molecule has 2 unspecified atom stereocenters. The molecule has 0 bridgehead atoms. The summed E-state index contributed by atoms with van der Waals surface area (Å²) in [6.45, 7) is 19.2. The van der Waals surface area contributed by atoms with Gasteiger partial charge in [-0.1, -0.05) is 129 Å². The van der Waals surface area contributed by atoms with Crippen molar-refractivity contribution in [2.45, 2.75) is 130 Å². The second kappa shape index (κ2) is 25.1. The Balaban J connectivity index is 1.27. The van der Waals surface area contributed by atoms with E-state index in [9.17, 15) is 5.26 Å². The summed E-state index contributed by atoms with van der Waals surface area (Å²) in [6.07, 6.45) is 19.6. The number of hydrogen-bond acceptors (Lipinski definition) is 7. The Labute approximate surface area is 422 Å². The van der Waals surface area contributed by atoms with Crippen LogP contribution in [-0.4, -0.2) is 33.1 Å². The van der Waals surface area contributed by atoms with Crippen LogP contribution in [0.2, 0.25) is 0 Å². The Morgan fingerprint density at radius 3 is 1.49 bits per heavy atom. The molecule has 0 aliphatic carbocycles. The molecule has 362 valence electrons. The number of ether oxygens (including phenoxy) is 2. The highest BCUT2D eigenvalue weighted by atomic mass is 32.1. The molecule has 10 heteroatoms. The van der Waals surface area contributed by atoms with Crippen LogP contribution >= 0.6 is 22.7 Å². The van der Waals surface area contributed by atoms with Crippen molar-refractivity contribution >= 4 is 65.1 Å². The average molecular weight is 969 g/mol. The monoisotopic (exact) mass is 968 g/mol. The van der Waals surface area contributed by atoms with Crippen molar-refractivity contribution < 1.29 is 9.47 Å². The van der Waals surface area contributed by atoms with Gasteiger partial charge in [-0.05, 0) is 121 Å². The van der Waals surface area contributed by atoms with E-state index in [1.54, 1.807) is 0 Å². The maximum Gasteiger partial charge on any atom is 0.245 e. The van der Waals surface area contributed by atoms with Crippen LogP contribution in [0.4, 0.5) is 0 Å². The number of unbranched alkanes of at least 4 members (excludes halogenated alkanes) is 8. The highest BCUT2D eigenvalue weighted by Gasteiger charge is 2.24. The molecule has 8 aromatic rings. The first-order valence-electron chi connectivity index (χ1n) is 25.9. The molecule has 4 heterocycles. The van der Waals surface area contributed by atoms with Crippen molar-refractivity contribution in [1.82, 2.24) is 19.9 Å². The second-order valence-electron chi connectivity index (χ2n) is 18.8. The number of benzene rings is 4. The van der Waals surface area contributed by atoms with Gasteiger partial charge in [-0.15, -0.1) is 22.7 Å². The van der Waals surface area contributed by atoms with Crippen LogP contribution in [0, 0.1) is 29.7 Å². The molecule has 0 saturated heterocycles. The van der Waals surface area contributed by atoms with Crippen LogP contribution in [-0.2, 0) is 0 Å². The van der Waals surface area contributed by atoms with E-state index in [0.29, 0.717) is 57.0 Å². The molecule has 4 aromatic carbocycles. The van der Waals surface area contributed by atoms with E-state index in [2.05, 4.69) is 97.1 Å². The number of rotatable bonds is 26. The van der Waals surface area contributed by atoms with Crippen molar-refractivity contribution in [3.63, 3.8) is 0 Å². The predicted molar refractivity (Wildman–Crippen MR) is 294 cm³/mol. The largest absolute Gasteiger partial charge is 0.493 e. The number of para-hydroxylation sites is 2. The minimum Gasteiger partial charge on any atom is -0.493 e. The standard InChI is InChI=1S/C60H68N6O2S2/c1-6-10-14-16-24-41(22-12-8-3)39-67-45-34-30-43(31-35-45)54-52-53(57(66-54)58(62-5)60-64-49-27-19-21-29-51(49)70-60)55(65-56(52)47(38-61)59-63-48-26-18-20-28-50(48)69-59)44-32-36-46(37-33-44)68-40-42(23-13-9-4)25-17-15-11-7-2/h18-21,26-37,41-42,65-66H,6-17,22-25,39-40H2,1-4H3/b56-47-,58-57+. The van der Waals surface area contributed by atoms with E-state index in [0.717, 1.165) is 65.2 Å². The van der Waals surface area contributed by atoms with E-state index in [1.165, 1.54) is 125 Å². The number of nitrogens with zero attached hydrogens (tertiary/aromatic N) is 4. The maximum atomic E-state index is 11.2. The fourth-order valence-corrected chi connectivity index (χ4v) is 11.5. The van der Waals surface area contributed by atoms with E-state index in [1.807, 2.05) is 48.5 Å². The number of aromatic amines is 2. The van der Waals surface area contributed by atoms with Gasteiger partial charge in [-0.3, -0.25) is 0 Å². The molecule has 0 radical (unpaired) electrons. The zero-order valence-electron chi connectivity index (χ0n) is 41.5. The Morgan fingerprint density at radius 2 is 1.01 bits per heavy atom. The summed E-state index contributed by atoms with van der Waals surface area (Å²) in [6, 6.07) is 35.2. The minimum atomic E-state index is 0.414. The summed E-state index contributed by atoms with van der Waals surface area (Å²) >= 11 is 3.01. The number of hydrogen-bond donors (Lipinski definition) is 2. The third-order valence-corrected chi connectivity index (χ3v) is 15.7. The van der Waals surface area contributed by atoms with Crippen LogP contribution in [0.5, 0.6) is 11.5 Å². The van der Waals surface area contributed by atoms with Gasteiger partial charge in [-0.2, -0.15) is 5.26 Å². The lowest BCUT2D eigenvalue weighted by atomic mass is 9.96. The highest BCUT2D eigenvalue weighted by Crippen LogP contribution is 2.36. The smallest absolute Gasteiger partial charge is 0.245 e. The molecule has 70 heavy (non-hydrogen) atoms. The predicted octanol–water partition coefficient (Wildman–Crippen LogP) is 16.2. The summed E-state index contributed by atoms with van der Waals surface area (Å²) in [4.78, 5) is 21.8. The Morgan fingerprint density at radius 1 is 0.571 bits per heavy atom. The SMILES string of the molecule is [C-]#[N+]/C(c1nc2ccccc2s1)=c1/[nH]c(-c2ccc(OCC(CCCC)CCCCCC)cc2)c2/c(=C(\C#N)c3nc4ccccc4s3)[nH]c(-c3ccc(OCC(CCCC)CCCCCC)cc3)c12. The number of fused-ring (bicyclic) bond motifs is 3. The van der Waals surface area contributed by atoms with Crippen molar-refractivity contribution in [1.29, 1.82) is 5.26 Å². The highest BCUT2D eigenvalue weighted by molar-refractivity contribution is 7.20. The lowest BCUT2D eigenvalue weighted by Gasteiger charge is -2.17. The topological polar surface area (TPSA) is 104 Å². The molecular formula is C60H68N6O2S2. The molecule has 8 nitrogen and oxygen atoms in total. The third-order valence-electron chi connectivity index (χ3n) is 13.6. The van der Waals surface area contributed by atoms with Crippen LogP contribution in [0.25, 0.3) is 69.8 Å². The van der Waals surface area contributed by atoms with Crippen LogP contribution < -0.4 is 20.2 Å².